The van der Waals surface area contributed by atoms with Crippen LogP contribution in [0.3, 0.4) is 0 Å². The van der Waals surface area contributed by atoms with E-state index in [9.17, 15) is 0 Å². The van der Waals surface area contributed by atoms with E-state index in [-0.39, 0.29) is 0 Å². The lowest BCUT2D eigenvalue weighted by Crippen LogP contribution is -2.38. The number of piperidine rings is 1. The smallest absolute Gasteiger partial charge is 0.0642 e. The highest BCUT2D eigenvalue weighted by Crippen LogP contribution is 2.20. The van der Waals surface area contributed by atoms with Crippen LogP contribution in [0.4, 0.5) is 0 Å². The quantitative estimate of drug-likeness (QED) is 0.718. The summed E-state index contributed by atoms with van der Waals surface area (Å²) in [5.41, 5.74) is 2.54. The van der Waals surface area contributed by atoms with E-state index in [1.807, 2.05) is 12.2 Å². The molecule has 0 aromatic carbocycles. The lowest BCUT2D eigenvalue weighted by molar-refractivity contribution is 0.0547. The van der Waals surface area contributed by atoms with E-state index < -0.39 is 0 Å². The van der Waals surface area contributed by atoms with Gasteiger partial charge in [-0.05, 0) is 37.0 Å². The maximum atomic E-state index is 5.44. The lowest BCUT2D eigenvalue weighted by atomic mass is 9.99. The standard InChI is InChI=1S/C17H28N2O/c1-4-16(14-18-8-6-7-15(3)13-18)17(5-2)19-9-11-20-12-10-19/h4-5,15H,1-2,6-14H2,3H3/b17-16-. The molecule has 112 valence electrons. The molecule has 0 saturated carbocycles. The number of rotatable bonds is 5. The molecule has 0 aromatic rings. The summed E-state index contributed by atoms with van der Waals surface area (Å²) in [6, 6.07) is 0. The summed E-state index contributed by atoms with van der Waals surface area (Å²) in [5.74, 6) is 0.811. The van der Waals surface area contributed by atoms with Crippen LogP contribution in [-0.4, -0.2) is 55.7 Å². The van der Waals surface area contributed by atoms with E-state index in [2.05, 4.69) is 29.9 Å². The molecule has 2 saturated heterocycles. The molecule has 0 radical (unpaired) electrons. The maximum Gasteiger partial charge on any atom is 0.0642 e. The zero-order valence-electron chi connectivity index (χ0n) is 12.8. The van der Waals surface area contributed by atoms with Crippen molar-refractivity contribution in [2.75, 3.05) is 45.9 Å². The molecule has 2 fully saturated rings. The zero-order valence-corrected chi connectivity index (χ0v) is 12.8. The summed E-state index contributed by atoms with van der Waals surface area (Å²) in [4.78, 5) is 4.93. The van der Waals surface area contributed by atoms with Gasteiger partial charge in [-0.3, -0.25) is 4.90 Å². The molecule has 20 heavy (non-hydrogen) atoms. The topological polar surface area (TPSA) is 15.7 Å². The second kappa shape index (κ2) is 7.65. The first-order chi connectivity index (χ1) is 9.74. The molecular formula is C17H28N2O. The van der Waals surface area contributed by atoms with Crippen molar-refractivity contribution in [3.8, 4) is 0 Å². The third-order valence-electron chi connectivity index (χ3n) is 4.26. The Balaban J connectivity index is 2.07. The van der Waals surface area contributed by atoms with Gasteiger partial charge in [-0.1, -0.05) is 26.2 Å². The summed E-state index contributed by atoms with van der Waals surface area (Å²) in [7, 11) is 0. The first-order valence-corrected chi connectivity index (χ1v) is 7.77. The minimum atomic E-state index is 0.808. The SMILES string of the molecule is C=C/C(CN1CCCC(C)C1)=C(\C=C)N1CCOCC1. The van der Waals surface area contributed by atoms with Crippen LogP contribution in [0.5, 0.6) is 0 Å². The van der Waals surface area contributed by atoms with Gasteiger partial charge >= 0.3 is 0 Å². The number of allylic oxidation sites excluding steroid dienone is 1. The summed E-state index contributed by atoms with van der Waals surface area (Å²) in [6.07, 6.45) is 6.66. The van der Waals surface area contributed by atoms with Crippen molar-refractivity contribution < 1.29 is 4.74 Å². The fraction of sp³-hybridized carbons (Fsp3) is 0.647. The van der Waals surface area contributed by atoms with Gasteiger partial charge in [-0.25, -0.2) is 0 Å². The Morgan fingerprint density at radius 3 is 2.55 bits per heavy atom. The van der Waals surface area contributed by atoms with Crippen LogP contribution in [-0.2, 0) is 4.74 Å². The molecule has 0 aliphatic carbocycles. The molecule has 1 atom stereocenters. The van der Waals surface area contributed by atoms with Crippen molar-refractivity contribution in [1.29, 1.82) is 0 Å². The Kier molecular flexibility index (Phi) is 5.86. The number of hydrogen-bond donors (Lipinski definition) is 0. The zero-order chi connectivity index (χ0) is 14.4. The first kappa shape index (κ1) is 15.3. The van der Waals surface area contributed by atoms with E-state index in [0.29, 0.717) is 0 Å². The van der Waals surface area contributed by atoms with E-state index in [1.165, 1.54) is 37.2 Å². The Hall–Kier alpha value is -1.06. The van der Waals surface area contributed by atoms with Crippen LogP contribution in [0.1, 0.15) is 19.8 Å². The van der Waals surface area contributed by atoms with Gasteiger partial charge in [0.05, 0.1) is 13.2 Å². The third-order valence-corrected chi connectivity index (χ3v) is 4.26. The van der Waals surface area contributed by atoms with Crippen molar-refractivity contribution in [2.45, 2.75) is 19.8 Å². The second-order valence-corrected chi connectivity index (χ2v) is 5.90. The molecule has 2 heterocycles. The minimum absolute atomic E-state index is 0.808. The normalized spacial score (nSPS) is 26.1. The average molecular weight is 276 g/mol. The number of morpholine rings is 1. The number of likely N-dealkylation sites (tertiary alicyclic amines) is 1. The van der Waals surface area contributed by atoms with E-state index >= 15 is 0 Å². The molecule has 3 heteroatoms. The van der Waals surface area contributed by atoms with E-state index in [0.717, 1.165) is 38.8 Å². The Morgan fingerprint density at radius 2 is 1.95 bits per heavy atom. The van der Waals surface area contributed by atoms with Crippen LogP contribution in [0, 0.1) is 5.92 Å². The molecule has 2 rings (SSSR count). The van der Waals surface area contributed by atoms with Gasteiger partial charge in [0.15, 0.2) is 0 Å². The van der Waals surface area contributed by atoms with Crippen LogP contribution < -0.4 is 0 Å². The molecule has 2 aliphatic heterocycles. The Morgan fingerprint density at radius 1 is 1.20 bits per heavy atom. The molecule has 0 N–H and O–H groups in total. The summed E-state index contributed by atoms with van der Waals surface area (Å²) in [6.45, 7) is 17.3. The molecular weight excluding hydrogens is 248 g/mol. The highest BCUT2D eigenvalue weighted by molar-refractivity contribution is 5.32. The molecule has 1 unspecified atom stereocenters. The predicted molar refractivity (Wildman–Crippen MR) is 84.7 cm³/mol. The van der Waals surface area contributed by atoms with Gasteiger partial charge in [0, 0.05) is 31.9 Å². The van der Waals surface area contributed by atoms with E-state index in [4.69, 9.17) is 4.74 Å². The molecule has 3 nitrogen and oxygen atoms in total. The average Bonchev–Trinajstić information content (AvgIpc) is 2.48. The van der Waals surface area contributed by atoms with Gasteiger partial charge in [0.2, 0.25) is 0 Å². The first-order valence-electron chi connectivity index (χ1n) is 7.77. The van der Waals surface area contributed by atoms with Crippen molar-refractivity contribution >= 4 is 0 Å². The van der Waals surface area contributed by atoms with Crippen molar-refractivity contribution in [1.82, 2.24) is 9.80 Å². The molecule has 0 bridgehead atoms. The van der Waals surface area contributed by atoms with Crippen molar-refractivity contribution in [3.63, 3.8) is 0 Å². The molecule has 0 amide bonds. The highest BCUT2D eigenvalue weighted by Gasteiger charge is 2.19. The summed E-state index contributed by atoms with van der Waals surface area (Å²) >= 11 is 0. The van der Waals surface area contributed by atoms with Crippen molar-refractivity contribution in [2.24, 2.45) is 5.92 Å². The van der Waals surface area contributed by atoms with Crippen LogP contribution >= 0.6 is 0 Å². The largest absolute Gasteiger partial charge is 0.378 e. The Bertz CT molecular complexity index is 369. The van der Waals surface area contributed by atoms with Crippen LogP contribution in [0.15, 0.2) is 36.6 Å². The molecule has 2 aliphatic rings. The fourth-order valence-electron chi connectivity index (χ4n) is 3.19. The van der Waals surface area contributed by atoms with Crippen LogP contribution in [0.25, 0.3) is 0 Å². The highest BCUT2D eigenvalue weighted by atomic mass is 16.5. The number of nitrogens with zero attached hydrogens (tertiary/aromatic N) is 2. The van der Waals surface area contributed by atoms with Gasteiger partial charge in [-0.2, -0.15) is 0 Å². The van der Waals surface area contributed by atoms with Gasteiger partial charge in [0.25, 0.3) is 0 Å². The molecule has 0 aromatic heterocycles. The Labute approximate surface area is 123 Å². The van der Waals surface area contributed by atoms with E-state index in [1.54, 1.807) is 0 Å². The third kappa shape index (κ3) is 3.97. The van der Waals surface area contributed by atoms with Crippen molar-refractivity contribution in [3.05, 3.63) is 36.6 Å². The van der Waals surface area contributed by atoms with Gasteiger partial charge in [-0.15, -0.1) is 0 Å². The lowest BCUT2D eigenvalue weighted by Gasteiger charge is -2.34. The summed E-state index contributed by atoms with van der Waals surface area (Å²) in [5, 5.41) is 0. The summed E-state index contributed by atoms with van der Waals surface area (Å²) < 4.78 is 5.44. The fourth-order valence-corrected chi connectivity index (χ4v) is 3.19. The monoisotopic (exact) mass is 276 g/mol. The number of hydrogen-bond acceptors (Lipinski definition) is 3. The van der Waals surface area contributed by atoms with Gasteiger partial charge < -0.3 is 9.64 Å². The molecule has 0 spiro atoms. The minimum Gasteiger partial charge on any atom is -0.378 e. The maximum absolute atomic E-state index is 5.44. The van der Waals surface area contributed by atoms with Crippen LogP contribution in [0.2, 0.25) is 0 Å². The van der Waals surface area contributed by atoms with Gasteiger partial charge in [0.1, 0.15) is 0 Å². The number of ether oxygens (including phenoxy) is 1. The second-order valence-electron chi connectivity index (χ2n) is 5.90. The predicted octanol–water partition coefficient (Wildman–Crippen LogP) is 2.68.